The molecule has 3 fully saturated rings. The lowest BCUT2D eigenvalue weighted by Crippen LogP contribution is -2.75. The Labute approximate surface area is 169 Å². The van der Waals surface area contributed by atoms with E-state index < -0.39 is 42.1 Å². The lowest BCUT2D eigenvalue weighted by Gasteiger charge is -2.55. The Bertz CT molecular complexity index is 816. The number of rotatable bonds is 3. The zero-order valence-electron chi connectivity index (χ0n) is 15.3. The molecule has 0 bridgehead atoms. The minimum Gasteiger partial charge on any atom is -0.430 e. The van der Waals surface area contributed by atoms with Gasteiger partial charge in [-0.15, -0.1) is 0 Å². The summed E-state index contributed by atoms with van der Waals surface area (Å²) in [5, 5.41) is 2.93. The van der Waals surface area contributed by atoms with Crippen LogP contribution in [-0.4, -0.2) is 42.6 Å². The van der Waals surface area contributed by atoms with Gasteiger partial charge in [0.2, 0.25) is 0 Å². The molecule has 11 heteroatoms. The Morgan fingerprint density at radius 3 is 2.52 bits per heavy atom. The van der Waals surface area contributed by atoms with Gasteiger partial charge in [-0.3, -0.25) is 4.90 Å². The minimum atomic E-state index is -3.25. The quantitative estimate of drug-likeness (QED) is 0.579. The SMILES string of the molecule is C[C@H]1N[C@@H]2CCCC[C@H]2N(c2cc(F)c(OC(F)F)c(Cl)c2)C12OC(=O)C(=O)O2. The molecule has 1 aromatic carbocycles. The van der Waals surface area contributed by atoms with Crippen molar-refractivity contribution in [1.29, 1.82) is 0 Å². The van der Waals surface area contributed by atoms with Crippen LogP contribution in [0.3, 0.4) is 0 Å². The van der Waals surface area contributed by atoms with Gasteiger partial charge in [-0.25, -0.2) is 14.0 Å². The molecule has 0 aromatic heterocycles. The number of anilines is 1. The van der Waals surface area contributed by atoms with Crippen LogP contribution < -0.4 is 15.0 Å². The molecule has 3 atom stereocenters. The second-order valence-corrected chi connectivity index (χ2v) is 7.65. The number of nitrogens with one attached hydrogen (secondary N) is 1. The number of carbonyl (C=O) groups excluding carboxylic acids is 2. The maximum absolute atomic E-state index is 14.6. The van der Waals surface area contributed by atoms with Gasteiger partial charge in [0.05, 0.1) is 11.1 Å². The first-order chi connectivity index (χ1) is 13.7. The Kier molecular flexibility index (Phi) is 5.02. The van der Waals surface area contributed by atoms with Crippen molar-refractivity contribution in [3.05, 3.63) is 23.0 Å². The molecule has 2 aliphatic heterocycles. The van der Waals surface area contributed by atoms with E-state index in [1.54, 1.807) is 6.92 Å². The molecule has 0 amide bonds. The number of carbonyl (C=O) groups is 2. The van der Waals surface area contributed by atoms with Crippen LogP contribution in [0.1, 0.15) is 32.6 Å². The van der Waals surface area contributed by atoms with Gasteiger partial charge in [-0.1, -0.05) is 24.4 Å². The molecule has 7 nitrogen and oxygen atoms in total. The van der Waals surface area contributed by atoms with E-state index in [0.29, 0.717) is 6.42 Å². The largest absolute Gasteiger partial charge is 0.430 e. The molecular formula is C18H18ClF3N2O5. The van der Waals surface area contributed by atoms with Crippen molar-refractivity contribution in [1.82, 2.24) is 5.32 Å². The second-order valence-electron chi connectivity index (χ2n) is 7.24. The zero-order valence-corrected chi connectivity index (χ0v) is 16.0. The summed E-state index contributed by atoms with van der Waals surface area (Å²) < 4.78 is 54.5. The van der Waals surface area contributed by atoms with Gasteiger partial charge in [-0.2, -0.15) is 8.78 Å². The van der Waals surface area contributed by atoms with Crippen LogP contribution in [0.2, 0.25) is 5.02 Å². The minimum absolute atomic E-state index is 0.0405. The van der Waals surface area contributed by atoms with Crippen molar-refractivity contribution in [2.24, 2.45) is 0 Å². The van der Waals surface area contributed by atoms with Gasteiger partial charge in [0.1, 0.15) is 6.04 Å². The predicted molar refractivity (Wildman–Crippen MR) is 94.1 cm³/mol. The van der Waals surface area contributed by atoms with E-state index >= 15 is 0 Å². The van der Waals surface area contributed by atoms with Crippen LogP contribution in [0.15, 0.2) is 12.1 Å². The Balaban J connectivity index is 1.82. The van der Waals surface area contributed by atoms with E-state index in [4.69, 9.17) is 21.1 Å². The van der Waals surface area contributed by atoms with E-state index in [0.717, 1.165) is 25.3 Å². The monoisotopic (exact) mass is 434 g/mol. The van der Waals surface area contributed by atoms with Crippen molar-refractivity contribution >= 4 is 29.2 Å². The summed E-state index contributed by atoms with van der Waals surface area (Å²) in [4.78, 5) is 25.3. The number of piperazine rings is 1. The van der Waals surface area contributed by atoms with Crippen LogP contribution in [0.4, 0.5) is 18.9 Å². The maximum atomic E-state index is 14.6. The third-order valence-electron chi connectivity index (χ3n) is 5.52. The third kappa shape index (κ3) is 3.28. The van der Waals surface area contributed by atoms with E-state index in [2.05, 4.69) is 10.1 Å². The van der Waals surface area contributed by atoms with E-state index in [9.17, 15) is 22.8 Å². The summed E-state index contributed by atoms with van der Waals surface area (Å²) in [5.41, 5.74) is 0.127. The van der Waals surface area contributed by atoms with Crippen LogP contribution in [-0.2, 0) is 19.1 Å². The number of nitrogens with zero attached hydrogens (tertiary/aromatic N) is 1. The van der Waals surface area contributed by atoms with Crippen LogP contribution in [0.25, 0.3) is 0 Å². The van der Waals surface area contributed by atoms with Gasteiger partial charge >= 0.3 is 24.5 Å². The summed E-state index contributed by atoms with van der Waals surface area (Å²) in [6, 6.07) is 1.19. The van der Waals surface area contributed by atoms with Crippen LogP contribution in [0, 0.1) is 5.82 Å². The molecule has 1 aliphatic carbocycles. The van der Waals surface area contributed by atoms with Gasteiger partial charge in [0.15, 0.2) is 11.6 Å². The van der Waals surface area contributed by atoms with E-state index in [-0.39, 0.29) is 22.8 Å². The van der Waals surface area contributed by atoms with Crippen LogP contribution in [0.5, 0.6) is 5.75 Å². The highest BCUT2D eigenvalue weighted by Gasteiger charge is 2.63. The highest BCUT2D eigenvalue weighted by molar-refractivity contribution is 6.32. The molecule has 3 aliphatic rings. The highest BCUT2D eigenvalue weighted by atomic mass is 35.5. The zero-order chi connectivity index (χ0) is 20.9. The number of hydrogen-bond acceptors (Lipinski definition) is 7. The second kappa shape index (κ2) is 7.24. The third-order valence-corrected chi connectivity index (χ3v) is 5.80. The predicted octanol–water partition coefficient (Wildman–Crippen LogP) is 2.94. The van der Waals surface area contributed by atoms with Crippen molar-refractivity contribution in [3.8, 4) is 5.75 Å². The normalized spacial score (nSPS) is 28.3. The Morgan fingerprint density at radius 2 is 1.90 bits per heavy atom. The van der Waals surface area contributed by atoms with Crippen LogP contribution >= 0.6 is 11.6 Å². The van der Waals surface area contributed by atoms with Gasteiger partial charge in [0, 0.05) is 17.8 Å². The molecule has 0 radical (unpaired) electrons. The molecule has 29 heavy (non-hydrogen) atoms. The summed E-state index contributed by atoms with van der Waals surface area (Å²) in [6.07, 6.45) is 3.29. The fourth-order valence-corrected chi connectivity index (χ4v) is 4.63. The average Bonchev–Trinajstić information content (AvgIpc) is 2.94. The smallest absolute Gasteiger partial charge is 0.422 e. The number of alkyl halides is 2. The summed E-state index contributed by atoms with van der Waals surface area (Å²) in [6.45, 7) is -1.58. The lowest BCUT2D eigenvalue weighted by molar-refractivity contribution is -0.202. The number of ether oxygens (including phenoxy) is 3. The maximum Gasteiger partial charge on any atom is 0.422 e. The van der Waals surface area contributed by atoms with E-state index in [1.807, 2.05) is 0 Å². The molecule has 2 saturated heterocycles. The standard InChI is InChI=1S/C18H18ClF3N2O5/c1-8-18(28-15(25)16(26)29-18)24(13-5-3-2-4-12(13)23-8)9-6-10(19)14(11(20)7-9)27-17(21)22/h6-8,12-13,17,23H,2-5H2,1H3/t8-,12-,13-/m1/s1. The van der Waals surface area contributed by atoms with Gasteiger partial charge < -0.3 is 19.5 Å². The van der Waals surface area contributed by atoms with Crippen molar-refractivity contribution in [2.75, 3.05) is 4.90 Å². The fraction of sp³-hybridized carbons (Fsp3) is 0.556. The highest BCUT2D eigenvalue weighted by Crippen LogP contribution is 2.45. The van der Waals surface area contributed by atoms with Crippen molar-refractivity contribution in [2.45, 2.75) is 63.3 Å². The number of esters is 2. The average molecular weight is 435 g/mol. The molecule has 1 aromatic rings. The van der Waals surface area contributed by atoms with Crippen molar-refractivity contribution in [3.63, 3.8) is 0 Å². The number of fused-ring (bicyclic) bond motifs is 1. The number of benzene rings is 1. The fourth-order valence-electron chi connectivity index (χ4n) is 4.38. The molecule has 2 heterocycles. The summed E-state index contributed by atoms with van der Waals surface area (Å²) in [5.74, 6) is -6.07. The molecular weight excluding hydrogens is 417 g/mol. The molecule has 1 saturated carbocycles. The molecule has 4 rings (SSSR count). The summed E-state index contributed by atoms with van der Waals surface area (Å²) >= 11 is 6.01. The molecule has 1 spiro atoms. The van der Waals surface area contributed by atoms with Gasteiger partial charge in [-0.05, 0) is 25.8 Å². The molecule has 158 valence electrons. The molecule has 1 N–H and O–H groups in total. The summed E-state index contributed by atoms with van der Waals surface area (Å²) in [7, 11) is 0. The Hall–Kier alpha value is -2.20. The lowest BCUT2D eigenvalue weighted by atomic mass is 9.84. The molecule has 0 unspecified atom stereocenters. The van der Waals surface area contributed by atoms with E-state index in [1.165, 1.54) is 11.0 Å². The van der Waals surface area contributed by atoms with Gasteiger partial charge in [0.25, 0.3) is 0 Å². The first kappa shape index (κ1) is 20.1. The number of halogens is 4. The Morgan fingerprint density at radius 1 is 1.24 bits per heavy atom. The topological polar surface area (TPSA) is 77.1 Å². The first-order valence-electron chi connectivity index (χ1n) is 9.18. The number of hydrogen-bond donors (Lipinski definition) is 1. The van der Waals surface area contributed by atoms with Crippen molar-refractivity contribution < 1.29 is 37.0 Å². The first-order valence-corrected chi connectivity index (χ1v) is 9.56.